The van der Waals surface area contributed by atoms with Crippen LogP contribution in [0, 0.1) is 0 Å². The highest BCUT2D eigenvalue weighted by molar-refractivity contribution is 7.92. The Bertz CT molecular complexity index is 925. The molecule has 0 saturated carbocycles. The second-order valence-corrected chi connectivity index (χ2v) is 7.40. The van der Waals surface area contributed by atoms with E-state index in [1.165, 1.54) is 43.5 Å². The van der Waals surface area contributed by atoms with Crippen molar-refractivity contribution in [1.82, 2.24) is 4.98 Å². The molecule has 9 heteroatoms. The van der Waals surface area contributed by atoms with Crippen molar-refractivity contribution < 1.29 is 27.5 Å². The summed E-state index contributed by atoms with van der Waals surface area (Å²) >= 11 is 0. The molecule has 1 N–H and O–H groups in total. The number of Topliss-reactive ketones (excluding diaryl/α,β-unsaturated/α-hetero) is 1. The molecule has 0 spiro atoms. The second-order valence-electron chi connectivity index (χ2n) is 5.65. The second kappa shape index (κ2) is 8.63. The number of nitrogens with zero attached hydrogens (tertiary/aromatic N) is 1. The number of nitrogens with one attached hydrogen (secondary N) is 1. The molecular formula is C18H20N2O6S. The number of esters is 1. The van der Waals surface area contributed by atoms with Gasteiger partial charge in [-0.2, -0.15) is 0 Å². The molecule has 1 heterocycles. The minimum absolute atomic E-state index is 0.131. The van der Waals surface area contributed by atoms with E-state index in [0.717, 1.165) is 6.26 Å². The van der Waals surface area contributed by atoms with Gasteiger partial charge in [-0.25, -0.2) is 18.2 Å². The molecule has 2 rings (SSSR count). The third kappa shape index (κ3) is 5.78. The normalized spacial score (nSPS) is 12.1. The summed E-state index contributed by atoms with van der Waals surface area (Å²) in [7, 11) is -3.40. The molecule has 0 radical (unpaired) electrons. The standard InChI is InChI=1S/C18H20N2O6S/c1-4-25-17-15(6-5-11-19-17)18(22)26-12(2)16(21)13-7-9-14(10-8-13)20-27(3,23)24/h5-12,20H,4H2,1-3H3/t12-/m1/s1. The molecule has 0 bridgehead atoms. The SMILES string of the molecule is CCOc1ncccc1C(=O)O[C@H](C)C(=O)c1ccc(NS(C)(=O)=O)cc1. The van der Waals surface area contributed by atoms with Gasteiger partial charge in [0.05, 0.1) is 12.9 Å². The van der Waals surface area contributed by atoms with Crippen LogP contribution in [-0.2, 0) is 14.8 Å². The number of ether oxygens (including phenoxy) is 2. The molecule has 2 aromatic rings. The van der Waals surface area contributed by atoms with Gasteiger partial charge in [0.2, 0.25) is 21.7 Å². The molecular weight excluding hydrogens is 372 g/mol. The highest BCUT2D eigenvalue weighted by Gasteiger charge is 2.23. The van der Waals surface area contributed by atoms with E-state index in [9.17, 15) is 18.0 Å². The fourth-order valence-corrected chi connectivity index (χ4v) is 2.79. The van der Waals surface area contributed by atoms with Gasteiger partial charge >= 0.3 is 5.97 Å². The zero-order valence-corrected chi connectivity index (χ0v) is 15.9. The van der Waals surface area contributed by atoms with E-state index in [1.54, 1.807) is 13.0 Å². The summed E-state index contributed by atoms with van der Waals surface area (Å²) < 4.78 is 35.2. The van der Waals surface area contributed by atoms with E-state index in [-0.39, 0.29) is 17.0 Å². The minimum Gasteiger partial charge on any atom is -0.477 e. The summed E-state index contributed by atoms with van der Waals surface area (Å²) in [6.45, 7) is 3.55. The zero-order valence-electron chi connectivity index (χ0n) is 15.1. The highest BCUT2D eigenvalue weighted by Crippen LogP contribution is 2.18. The van der Waals surface area contributed by atoms with E-state index in [0.29, 0.717) is 12.3 Å². The van der Waals surface area contributed by atoms with Gasteiger partial charge in [-0.3, -0.25) is 9.52 Å². The Kier molecular flexibility index (Phi) is 6.51. The third-order valence-corrected chi connectivity index (χ3v) is 4.00. The molecule has 1 aromatic heterocycles. The van der Waals surface area contributed by atoms with Crippen molar-refractivity contribution in [3.8, 4) is 5.88 Å². The number of carbonyl (C=O) groups is 2. The van der Waals surface area contributed by atoms with Crippen molar-refractivity contribution in [3.63, 3.8) is 0 Å². The number of ketones is 1. The summed E-state index contributed by atoms with van der Waals surface area (Å²) in [5, 5.41) is 0. The molecule has 0 amide bonds. The van der Waals surface area contributed by atoms with E-state index in [1.807, 2.05) is 0 Å². The number of aromatic nitrogens is 1. The van der Waals surface area contributed by atoms with Crippen LogP contribution in [0.15, 0.2) is 42.6 Å². The van der Waals surface area contributed by atoms with Crippen molar-refractivity contribution in [1.29, 1.82) is 0 Å². The number of hydrogen-bond acceptors (Lipinski definition) is 7. The van der Waals surface area contributed by atoms with E-state index >= 15 is 0 Å². The molecule has 8 nitrogen and oxygen atoms in total. The van der Waals surface area contributed by atoms with Crippen molar-refractivity contribution in [3.05, 3.63) is 53.7 Å². The Morgan fingerprint density at radius 2 is 1.85 bits per heavy atom. The van der Waals surface area contributed by atoms with Gasteiger partial charge in [-0.15, -0.1) is 0 Å². The van der Waals surface area contributed by atoms with Gasteiger partial charge in [0, 0.05) is 17.4 Å². The lowest BCUT2D eigenvalue weighted by atomic mass is 10.1. The van der Waals surface area contributed by atoms with E-state index in [2.05, 4.69) is 9.71 Å². The Labute approximate surface area is 157 Å². The molecule has 144 valence electrons. The first-order valence-corrected chi connectivity index (χ1v) is 10.0. The monoisotopic (exact) mass is 392 g/mol. The number of pyridine rings is 1. The molecule has 0 unspecified atom stereocenters. The fourth-order valence-electron chi connectivity index (χ4n) is 2.23. The van der Waals surface area contributed by atoms with Crippen molar-refractivity contribution in [2.24, 2.45) is 0 Å². The van der Waals surface area contributed by atoms with Crippen LogP contribution in [0.2, 0.25) is 0 Å². The Morgan fingerprint density at radius 3 is 2.44 bits per heavy atom. The average molecular weight is 392 g/mol. The van der Waals surface area contributed by atoms with Gasteiger partial charge in [0.15, 0.2) is 6.10 Å². The number of sulfonamides is 1. The van der Waals surface area contributed by atoms with Crippen molar-refractivity contribution in [2.45, 2.75) is 20.0 Å². The first kappa shape index (κ1) is 20.4. The topological polar surface area (TPSA) is 112 Å². The number of anilines is 1. The fraction of sp³-hybridized carbons (Fsp3) is 0.278. The number of rotatable bonds is 8. The van der Waals surface area contributed by atoms with Gasteiger partial charge in [0.1, 0.15) is 5.56 Å². The Hall–Kier alpha value is -2.94. The van der Waals surface area contributed by atoms with Crippen molar-refractivity contribution in [2.75, 3.05) is 17.6 Å². The summed E-state index contributed by atoms with van der Waals surface area (Å²) in [6, 6.07) is 8.89. The average Bonchev–Trinajstić information content (AvgIpc) is 2.61. The van der Waals surface area contributed by atoms with Crippen molar-refractivity contribution >= 4 is 27.5 Å². The van der Waals surface area contributed by atoms with Crippen LogP contribution in [0.1, 0.15) is 34.6 Å². The molecule has 0 saturated heterocycles. The lowest BCUT2D eigenvalue weighted by Crippen LogP contribution is -2.25. The summed E-state index contributed by atoms with van der Waals surface area (Å²) in [4.78, 5) is 28.8. The lowest BCUT2D eigenvalue weighted by molar-refractivity contribution is 0.0314. The largest absolute Gasteiger partial charge is 0.477 e. The summed E-state index contributed by atoms with van der Waals surface area (Å²) in [5.41, 5.74) is 0.743. The maximum atomic E-state index is 12.5. The van der Waals surface area contributed by atoms with Crippen LogP contribution in [0.25, 0.3) is 0 Å². The zero-order chi connectivity index (χ0) is 20.0. The minimum atomic E-state index is -3.40. The molecule has 27 heavy (non-hydrogen) atoms. The van der Waals surface area contributed by atoms with Crippen LogP contribution in [0.4, 0.5) is 5.69 Å². The van der Waals surface area contributed by atoms with Crippen LogP contribution < -0.4 is 9.46 Å². The summed E-state index contributed by atoms with van der Waals surface area (Å²) in [6.07, 6.45) is 1.48. The predicted octanol–water partition coefficient (Wildman–Crippen LogP) is 2.28. The van der Waals surface area contributed by atoms with Gasteiger partial charge in [0.25, 0.3) is 0 Å². The molecule has 0 aliphatic rings. The first-order chi connectivity index (χ1) is 12.7. The van der Waals surface area contributed by atoms with Gasteiger partial charge in [-0.05, 0) is 50.2 Å². The number of carbonyl (C=O) groups excluding carboxylic acids is 2. The van der Waals surface area contributed by atoms with Crippen LogP contribution in [0.5, 0.6) is 5.88 Å². The van der Waals surface area contributed by atoms with Crippen LogP contribution in [0.3, 0.4) is 0 Å². The van der Waals surface area contributed by atoms with Crippen LogP contribution in [-0.4, -0.2) is 44.1 Å². The lowest BCUT2D eigenvalue weighted by Gasteiger charge is -2.14. The number of hydrogen-bond donors (Lipinski definition) is 1. The first-order valence-electron chi connectivity index (χ1n) is 8.12. The molecule has 1 atom stereocenters. The van der Waals surface area contributed by atoms with Crippen LogP contribution >= 0.6 is 0 Å². The van der Waals surface area contributed by atoms with Gasteiger partial charge < -0.3 is 9.47 Å². The maximum absolute atomic E-state index is 12.5. The Morgan fingerprint density at radius 1 is 1.19 bits per heavy atom. The molecule has 0 aliphatic carbocycles. The summed E-state index contributed by atoms with van der Waals surface area (Å²) in [5.74, 6) is -1.00. The quantitative estimate of drug-likeness (QED) is 0.542. The van der Waals surface area contributed by atoms with Gasteiger partial charge in [-0.1, -0.05) is 0 Å². The molecule has 1 aromatic carbocycles. The smallest absolute Gasteiger partial charge is 0.344 e. The van der Waals surface area contributed by atoms with E-state index in [4.69, 9.17) is 9.47 Å². The molecule has 0 aliphatic heterocycles. The predicted molar refractivity (Wildman–Crippen MR) is 99.5 cm³/mol. The van der Waals surface area contributed by atoms with E-state index < -0.39 is 27.9 Å². The Balaban J connectivity index is 2.08. The highest BCUT2D eigenvalue weighted by atomic mass is 32.2. The molecule has 0 fully saturated rings. The maximum Gasteiger partial charge on any atom is 0.344 e. The number of benzene rings is 1. The third-order valence-electron chi connectivity index (χ3n) is 3.40.